The van der Waals surface area contributed by atoms with Crippen LogP contribution >= 0.6 is 0 Å². The summed E-state index contributed by atoms with van der Waals surface area (Å²) in [5, 5.41) is 0. The van der Waals surface area contributed by atoms with Crippen molar-refractivity contribution in [2.75, 3.05) is 19.8 Å². The average Bonchev–Trinajstić information content (AvgIpc) is 2.47. The number of rotatable bonds is 6. The summed E-state index contributed by atoms with van der Waals surface area (Å²) in [7, 11) is 0. The van der Waals surface area contributed by atoms with Gasteiger partial charge in [-0.1, -0.05) is 13.3 Å². The molecule has 0 aromatic heterocycles. The number of hydrogen-bond donors (Lipinski definition) is 0. The summed E-state index contributed by atoms with van der Waals surface area (Å²) in [6.07, 6.45) is 3.38. The van der Waals surface area contributed by atoms with Gasteiger partial charge in [0.25, 0.3) is 6.43 Å². The first kappa shape index (κ1) is 16.1. The van der Waals surface area contributed by atoms with Crippen LogP contribution < -0.4 is 0 Å². The normalized spacial score (nSPS) is 35.4. The predicted molar refractivity (Wildman–Crippen MR) is 71.8 cm³/mol. The molecule has 0 spiro atoms. The van der Waals surface area contributed by atoms with E-state index in [1.807, 2.05) is 0 Å². The van der Waals surface area contributed by atoms with E-state index in [1.165, 1.54) is 0 Å². The lowest BCUT2D eigenvalue weighted by atomic mass is 9.86. The van der Waals surface area contributed by atoms with E-state index in [9.17, 15) is 8.78 Å². The van der Waals surface area contributed by atoms with Gasteiger partial charge in [-0.25, -0.2) is 8.78 Å². The highest BCUT2D eigenvalue weighted by Gasteiger charge is 2.32. The molecule has 118 valence electrons. The fourth-order valence-corrected chi connectivity index (χ4v) is 3.14. The van der Waals surface area contributed by atoms with Crippen LogP contribution in [0.15, 0.2) is 0 Å². The van der Waals surface area contributed by atoms with Gasteiger partial charge in [-0.05, 0) is 32.1 Å². The Balaban J connectivity index is 1.64. The van der Waals surface area contributed by atoms with Crippen molar-refractivity contribution < 1.29 is 23.0 Å². The van der Waals surface area contributed by atoms with E-state index in [4.69, 9.17) is 14.2 Å². The molecule has 0 aromatic rings. The molecule has 0 aromatic carbocycles. The average molecular weight is 292 g/mol. The zero-order valence-electron chi connectivity index (χ0n) is 12.2. The maximum absolute atomic E-state index is 12.1. The van der Waals surface area contributed by atoms with Gasteiger partial charge in [0.15, 0.2) is 6.29 Å². The lowest BCUT2D eigenvalue weighted by Gasteiger charge is -2.37. The Morgan fingerprint density at radius 1 is 1.10 bits per heavy atom. The molecule has 0 radical (unpaired) electrons. The molecule has 20 heavy (non-hydrogen) atoms. The van der Waals surface area contributed by atoms with Gasteiger partial charge in [0.05, 0.1) is 19.3 Å². The largest absolute Gasteiger partial charge is 0.372 e. The standard InChI is InChI=1S/C15H26F2O3/c1-2-3-11-8-19-15(20-9-11)12-4-6-13(7-5-12)18-10-14(16)17/h11-15H,2-10H2,1H3. The first-order chi connectivity index (χ1) is 9.69. The van der Waals surface area contributed by atoms with Crippen molar-refractivity contribution in [2.24, 2.45) is 11.8 Å². The van der Waals surface area contributed by atoms with E-state index in [1.54, 1.807) is 0 Å². The molecule has 5 heteroatoms. The fraction of sp³-hybridized carbons (Fsp3) is 1.00. The van der Waals surface area contributed by atoms with E-state index in [0.29, 0.717) is 11.8 Å². The summed E-state index contributed by atoms with van der Waals surface area (Å²) in [6, 6.07) is 0. The highest BCUT2D eigenvalue weighted by molar-refractivity contribution is 4.77. The van der Waals surface area contributed by atoms with Crippen LogP contribution in [0.1, 0.15) is 45.4 Å². The molecule has 0 bridgehead atoms. The zero-order chi connectivity index (χ0) is 14.4. The Morgan fingerprint density at radius 3 is 2.30 bits per heavy atom. The lowest BCUT2D eigenvalue weighted by molar-refractivity contribution is -0.231. The summed E-state index contributed by atoms with van der Waals surface area (Å²) in [6.45, 7) is 3.32. The van der Waals surface area contributed by atoms with Gasteiger partial charge in [-0.2, -0.15) is 0 Å². The first-order valence-corrected chi connectivity index (χ1v) is 7.82. The molecular formula is C15H26F2O3. The fourth-order valence-electron chi connectivity index (χ4n) is 3.14. The molecule has 2 fully saturated rings. The molecular weight excluding hydrogens is 266 g/mol. The molecule has 1 saturated carbocycles. The number of alkyl halides is 2. The van der Waals surface area contributed by atoms with Crippen molar-refractivity contribution >= 4 is 0 Å². The van der Waals surface area contributed by atoms with Crippen LogP contribution in [0.2, 0.25) is 0 Å². The van der Waals surface area contributed by atoms with Crippen molar-refractivity contribution in [3.63, 3.8) is 0 Å². The number of halogens is 2. The maximum atomic E-state index is 12.1. The molecule has 1 heterocycles. The Morgan fingerprint density at radius 2 is 1.75 bits per heavy atom. The minimum absolute atomic E-state index is 0.0170. The zero-order valence-corrected chi connectivity index (χ0v) is 12.2. The quantitative estimate of drug-likeness (QED) is 0.748. The van der Waals surface area contributed by atoms with Gasteiger partial charge in [0.2, 0.25) is 0 Å². The van der Waals surface area contributed by atoms with Crippen LogP contribution in [0.5, 0.6) is 0 Å². The summed E-state index contributed by atoms with van der Waals surface area (Å²) >= 11 is 0. The number of hydrogen-bond acceptors (Lipinski definition) is 3. The van der Waals surface area contributed by atoms with Gasteiger partial charge in [0.1, 0.15) is 6.61 Å². The molecule has 0 N–H and O–H groups in total. The van der Waals surface area contributed by atoms with Gasteiger partial charge in [-0.3, -0.25) is 0 Å². The molecule has 1 saturated heterocycles. The van der Waals surface area contributed by atoms with Gasteiger partial charge in [-0.15, -0.1) is 0 Å². The third-order valence-electron chi connectivity index (χ3n) is 4.25. The van der Waals surface area contributed by atoms with Crippen molar-refractivity contribution in [1.82, 2.24) is 0 Å². The molecule has 0 amide bonds. The van der Waals surface area contributed by atoms with Crippen LogP contribution in [0.25, 0.3) is 0 Å². The maximum Gasteiger partial charge on any atom is 0.261 e. The second kappa shape index (κ2) is 8.25. The van der Waals surface area contributed by atoms with Gasteiger partial charge in [0, 0.05) is 11.8 Å². The minimum Gasteiger partial charge on any atom is -0.372 e. The Kier molecular flexibility index (Phi) is 6.65. The monoisotopic (exact) mass is 292 g/mol. The van der Waals surface area contributed by atoms with Gasteiger partial charge < -0.3 is 14.2 Å². The van der Waals surface area contributed by atoms with Crippen molar-refractivity contribution in [1.29, 1.82) is 0 Å². The summed E-state index contributed by atoms with van der Waals surface area (Å²) in [4.78, 5) is 0. The molecule has 1 aliphatic heterocycles. The Bertz CT molecular complexity index is 260. The second-order valence-electron chi connectivity index (χ2n) is 5.95. The third-order valence-corrected chi connectivity index (χ3v) is 4.25. The van der Waals surface area contributed by atoms with E-state index in [0.717, 1.165) is 51.7 Å². The lowest BCUT2D eigenvalue weighted by Crippen LogP contribution is -2.39. The minimum atomic E-state index is -2.37. The third kappa shape index (κ3) is 4.93. The number of ether oxygens (including phenoxy) is 3. The van der Waals surface area contributed by atoms with Gasteiger partial charge >= 0.3 is 0 Å². The van der Waals surface area contributed by atoms with Crippen LogP contribution in [-0.2, 0) is 14.2 Å². The second-order valence-corrected chi connectivity index (χ2v) is 5.95. The Labute approximate surface area is 120 Å². The van der Waals surface area contributed by atoms with E-state index >= 15 is 0 Å². The highest BCUT2D eigenvalue weighted by Crippen LogP contribution is 2.32. The van der Waals surface area contributed by atoms with Crippen molar-refractivity contribution in [2.45, 2.75) is 64.3 Å². The smallest absolute Gasteiger partial charge is 0.261 e. The molecule has 1 aliphatic carbocycles. The topological polar surface area (TPSA) is 27.7 Å². The molecule has 0 unspecified atom stereocenters. The van der Waals surface area contributed by atoms with Crippen LogP contribution in [0.4, 0.5) is 8.78 Å². The van der Waals surface area contributed by atoms with Crippen LogP contribution in [0, 0.1) is 11.8 Å². The van der Waals surface area contributed by atoms with E-state index in [2.05, 4.69) is 6.92 Å². The van der Waals surface area contributed by atoms with E-state index in [-0.39, 0.29) is 12.4 Å². The van der Waals surface area contributed by atoms with Crippen molar-refractivity contribution in [3.8, 4) is 0 Å². The summed E-state index contributed by atoms with van der Waals surface area (Å²) in [5.74, 6) is 0.922. The van der Waals surface area contributed by atoms with Crippen LogP contribution in [0.3, 0.4) is 0 Å². The Hall–Kier alpha value is -0.260. The molecule has 3 nitrogen and oxygen atoms in total. The van der Waals surface area contributed by atoms with Crippen molar-refractivity contribution in [3.05, 3.63) is 0 Å². The summed E-state index contributed by atoms with van der Waals surface area (Å²) < 4.78 is 41.0. The van der Waals surface area contributed by atoms with E-state index < -0.39 is 13.0 Å². The SMILES string of the molecule is CCCC1COC(C2CCC(OCC(F)F)CC2)OC1. The molecule has 2 rings (SSSR count). The molecule has 2 aliphatic rings. The first-order valence-electron chi connectivity index (χ1n) is 7.82. The highest BCUT2D eigenvalue weighted by atomic mass is 19.3. The molecule has 0 atom stereocenters. The predicted octanol–water partition coefficient (Wildman–Crippen LogP) is 3.62. The van der Waals surface area contributed by atoms with Crippen LogP contribution in [-0.4, -0.2) is 38.6 Å². The summed E-state index contributed by atoms with van der Waals surface area (Å²) in [5.41, 5.74) is 0.